The van der Waals surface area contributed by atoms with Crippen molar-refractivity contribution < 1.29 is 4.79 Å². The number of nitrogens with one attached hydrogen (secondary N) is 1. The van der Waals surface area contributed by atoms with Gasteiger partial charge >= 0.3 is 0 Å². The fraction of sp³-hybridized carbons (Fsp3) is 0.294. The Labute approximate surface area is 133 Å². The van der Waals surface area contributed by atoms with Crippen molar-refractivity contribution in [3.05, 3.63) is 51.7 Å². The van der Waals surface area contributed by atoms with Crippen LogP contribution in [0.15, 0.2) is 40.7 Å². The summed E-state index contributed by atoms with van der Waals surface area (Å²) in [4.78, 5) is 19.6. The van der Waals surface area contributed by atoms with Gasteiger partial charge in [0.2, 0.25) is 5.96 Å². The van der Waals surface area contributed by atoms with Gasteiger partial charge in [0, 0.05) is 12.2 Å². The predicted molar refractivity (Wildman–Crippen MR) is 89.7 cm³/mol. The maximum absolute atomic E-state index is 12.6. The maximum atomic E-state index is 12.6. The zero-order chi connectivity index (χ0) is 14.9. The highest BCUT2D eigenvalue weighted by Gasteiger charge is 2.26. The SMILES string of the molecule is O=C(c1cccs1)N1CCN=C1Nc1cccc2c1CCC2. The minimum Gasteiger partial charge on any atom is -0.326 e. The summed E-state index contributed by atoms with van der Waals surface area (Å²) in [7, 11) is 0. The van der Waals surface area contributed by atoms with Gasteiger partial charge in [-0.05, 0) is 47.9 Å². The number of aryl methyl sites for hydroxylation is 1. The van der Waals surface area contributed by atoms with Gasteiger partial charge in [-0.15, -0.1) is 11.3 Å². The average Bonchev–Trinajstić information content (AvgIpc) is 3.28. The average molecular weight is 311 g/mol. The highest BCUT2D eigenvalue weighted by Crippen LogP contribution is 2.29. The number of carbonyl (C=O) groups excluding carboxylic acids is 1. The molecule has 0 saturated carbocycles. The Bertz CT molecular complexity index is 736. The molecule has 0 bridgehead atoms. The normalized spacial score (nSPS) is 16.5. The van der Waals surface area contributed by atoms with E-state index in [1.165, 1.54) is 28.9 Å². The Kier molecular flexibility index (Phi) is 3.42. The van der Waals surface area contributed by atoms with Crippen molar-refractivity contribution >= 4 is 28.9 Å². The zero-order valence-electron chi connectivity index (χ0n) is 12.2. The summed E-state index contributed by atoms with van der Waals surface area (Å²) in [6, 6.07) is 10.1. The summed E-state index contributed by atoms with van der Waals surface area (Å²) in [6.07, 6.45) is 3.46. The summed E-state index contributed by atoms with van der Waals surface area (Å²) >= 11 is 1.47. The Morgan fingerprint density at radius 2 is 2.18 bits per heavy atom. The molecule has 4 nitrogen and oxygen atoms in total. The van der Waals surface area contributed by atoms with Crippen LogP contribution in [0.2, 0.25) is 0 Å². The highest BCUT2D eigenvalue weighted by molar-refractivity contribution is 7.12. The molecule has 4 rings (SSSR count). The molecule has 1 N–H and O–H groups in total. The van der Waals surface area contributed by atoms with Gasteiger partial charge in [-0.3, -0.25) is 14.7 Å². The van der Waals surface area contributed by atoms with Crippen molar-refractivity contribution in [3.8, 4) is 0 Å². The van der Waals surface area contributed by atoms with Gasteiger partial charge in [0.25, 0.3) is 5.91 Å². The van der Waals surface area contributed by atoms with Crippen molar-refractivity contribution in [2.45, 2.75) is 19.3 Å². The van der Waals surface area contributed by atoms with Crippen LogP contribution in [0, 0.1) is 0 Å². The molecule has 5 heteroatoms. The standard InChI is InChI=1S/C17H17N3OS/c21-16(15-8-3-11-22-15)20-10-9-18-17(20)19-14-7-2-5-12-4-1-6-13(12)14/h2-3,5,7-8,11H,1,4,6,9-10H2,(H,18,19). The van der Waals surface area contributed by atoms with Crippen LogP contribution in [0.5, 0.6) is 0 Å². The topological polar surface area (TPSA) is 44.7 Å². The fourth-order valence-corrected chi connectivity index (χ4v) is 3.81. The van der Waals surface area contributed by atoms with E-state index in [0.29, 0.717) is 19.0 Å². The lowest BCUT2D eigenvalue weighted by Crippen LogP contribution is -2.38. The molecular weight excluding hydrogens is 294 g/mol. The van der Waals surface area contributed by atoms with E-state index < -0.39 is 0 Å². The molecule has 0 spiro atoms. The molecule has 0 unspecified atom stereocenters. The number of nitrogens with zero attached hydrogens (tertiary/aromatic N) is 2. The largest absolute Gasteiger partial charge is 0.326 e. The van der Waals surface area contributed by atoms with Gasteiger partial charge in [-0.25, -0.2) is 0 Å². The van der Waals surface area contributed by atoms with Crippen LogP contribution in [-0.4, -0.2) is 29.9 Å². The van der Waals surface area contributed by atoms with Crippen LogP contribution in [-0.2, 0) is 12.8 Å². The summed E-state index contributed by atoms with van der Waals surface area (Å²) < 4.78 is 0. The monoisotopic (exact) mass is 311 g/mol. The predicted octanol–water partition coefficient (Wildman–Crippen LogP) is 3.16. The molecule has 2 aliphatic rings. The molecule has 22 heavy (non-hydrogen) atoms. The van der Waals surface area contributed by atoms with Crippen LogP contribution in [0.1, 0.15) is 27.2 Å². The minimum atomic E-state index is 0.0336. The molecule has 0 atom stereocenters. The van der Waals surface area contributed by atoms with Gasteiger partial charge in [0.15, 0.2) is 0 Å². The minimum absolute atomic E-state index is 0.0336. The molecule has 1 aliphatic heterocycles. The van der Waals surface area contributed by atoms with Crippen LogP contribution >= 0.6 is 11.3 Å². The summed E-state index contributed by atoms with van der Waals surface area (Å²) in [5.74, 6) is 0.713. The molecule has 0 saturated heterocycles. The van der Waals surface area contributed by atoms with Crippen LogP contribution in [0.4, 0.5) is 5.69 Å². The molecule has 1 aromatic carbocycles. The van der Waals surface area contributed by atoms with E-state index in [1.807, 2.05) is 17.5 Å². The molecule has 2 heterocycles. The molecule has 1 aliphatic carbocycles. The molecule has 1 amide bonds. The number of benzene rings is 1. The van der Waals surface area contributed by atoms with Crippen molar-refractivity contribution in [3.63, 3.8) is 0 Å². The zero-order valence-corrected chi connectivity index (χ0v) is 13.0. The lowest BCUT2D eigenvalue weighted by atomic mass is 10.1. The molecule has 112 valence electrons. The quantitative estimate of drug-likeness (QED) is 0.926. The third-order valence-electron chi connectivity index (χ3n) is 4.21. The lowest BCUT2D eigenvalue weighted by Gasteiger charge is -2.20. The summed E-state index contributed by atoms with van der Waals surface area (Å²) in [6.45, 7) is 1.31. The van der Waals surface area contributed by atoms with Gasteiger partial charge in [0.1, 0.15) is 0 Å². The van der Waals surface area contributed by atoms with Crippen molar-refractivity contribution in [2.24, 2.45) is 4.99 Å². The second kappa shape index (κ2) is 5.57. The lowest BCUT2D eigenvalue weighted by molar-refractivity contribution is 0.0862. The second-order valence-electron chi connectivity index (χ2n) is 5.56. The number of hydrogen-bond acceptors (Lipinski definition) is 4. The highest BCUT2D eigenvalue weighted by atomic mass is 32.1. The maximum Gasteiger partial charge on any atom is 0.270 e. The van der Waals surface area contributed by atoms with Crippen LogP contribution < -0.4 is 5.32 Å². The van der Waals surface area contributed by atoms with Gasteiger partial charge in [0.05, 0.1) is 11.4 Å². The van der Waals surface area contributed by atoms with Gasteiger partial charge in [-0.1, -0.05) is 18.2 Å². The fourth-order valence-electron chi connectivity index (χ4n) is 3.14. The van der Waals surface area contributed by atoms with Crippen molar-refractivity contribution in [1.82, 2.24) is 4.90 Å². The first-order valence-corrected chi connectivity index (χ1v) is 8.48. The van der Waals surface area contributed by atoms with E-state index in [-0.39, 0.29) is 5.91 Å². The second-order valence-corrected chi connectivity index (χ2v) is 6.51. The number of guanidine groups is 1. The van der Waals surface area contributed by atoms with E-state index in [9.17, 15) is 4.79 Å². The third-order valence-corrected chi connectivity index (χ3v) is 5.07. The van der Waals surface area contributed by atoms with E-state index in [1.54, 1.807) is 4.90 Å². The first kappa shape index (κ1) is 13.5. The molecule has 0 fully saturated rings. The van der Waals surface area contributed by atoms with Crippen LogP contribution in [0.3, 0.4) is 0 Å². The number of hydrogen-bond donors (Lipinski definition) is 1. The first-order valence-electron chi connectivity index (χ1n) is 7.60. The molecule has 2 aromatic rings. The third kappa shape index (κ3) is 2.31. The molecule has 0 radical (unpaired) electrons. The number of aliphatic imine (C=N–C) groups is 1. The summed E-state index contributed by atoms with van der Waals surface area (Å²) in [5.41, 5.74) is 3.89. The van der Waals surface area contributed by atoms with E-state index in [4.69, 9.17) is 0 Å². The Morgan fingerprint density at radius 3 is 3.05 bits per heavy atom. The number of rotatable bonds is 2. The Hall–Kier alpha value is -2.14. The number of amides is 1. The first-order chi connectivity index (χ1) is 10.8. The number of fused-ring (bicyclic) bond motifs is 1. The van der Waals surface area contributed by atoms with Gasteiger partial charge in [-0.2, -0.15) is 0 Å². The van der Waals surface area contributed by atoms with E-state index in [0.717, 1.165) is 23.4 Å². The Morgan fingerprint density at radius 1 is 1.23 bits per heavy atom. The summed E-state index contributed by atoms with van der Waals surface area (Å²) in [5, 5.41) is 5.32. The van der Waals surface area contributed by atoms with Crippen molar-refractivity contribution in [2.75, 3.05) is 18.4 Å². The number of anilines is 1. The van der Waals surface area contributed by atoms with Crippen LogP contribution in [0.25, 0.3) is 0 Å². The molecule has 1 aromatic heterocycles. The smallest absolute Gasteiger partial charge is 0.270 e. The van der Waals surface area contributed by atoms with E-state index in [2.05, 4.69) is 28.5 Å². The number of carbonyl (C=O) groups is 1. The molecular formula is C17H17N3OS. The number of thiophene rings is 1. The van der Waals surface area contributed by atoms with Crippen molar-refractivity contribution in [1.29, 1.82) is 0 Å². The Balaban J connectivity index is 1.58. The van der Waals surface area contributed by atoms with E-state index >= 15 is 0 Å². The van der Waals surface area contributed by atoms with Gasteiger partial charge < -0.3 is 5.32 Å².